The second-order valence-corrected chi connectivity index (χ2v) is 5.17. The zero-order valence-corrected chi connectivity index (χ0v) is 8.25. The van der Waals surface area contributed by atoms with Crippen molar-refractivity contribution in [3.63, 3.8) is 0 Å². The van der Waals surface area contributed by atoms with E-state index in [9.17, 15) is 8.42 Å². The fourth-order valence-electron chi connectivity index (χ4n) is 1.85. The highest BCUT2D eigenvalue weighted by Gasteiger charge is 2.39. The summed E-state index contributed by atoms with van der Waals surface area (Å²) in [4.78, 5) is 0. The van der Waals surface area contributed by atoms with Crippen molar-refractivity contribution in [2.75, 3.05) is 19.6 Å². The van der Waals surface area contributed by atoms with Gasteiger partial charge in [0, 0.05) is 13.1 Å². The molecule has 4 nitrogen and oxygen atoms in total. The number of hydrogen-bond donors (Lipinski definition) is 2. The van der Waals surface area contributed by atoms with Crippen LogP contribution < -0.4 is 10.0 Å². The highest BCUT2D eigenvalue weighted by atomic mass is 35.5. The maximum Gasteiger partial charge on any atom is 0.216 e. The number of halogens is 1. The Balaban J connectivity index is 0.000000720. The first kappa shape index (κ1) is 10.2. The summed E-state index contributed by atoms with van der Waals surface area (Å²) in [5.41, 5.74) is 0. The van der Waals surface area contributed by atoms with Gasteiger partial charge in [-0.15, -0.1) is 12.4 Å². The molecule has 0 unspecified atom stereocenters. The van der Waals surface area contributed by atoms with Gasteiger partial charge in [-0.25, -0.2) is 13.1 Å². The molecule has 0 aromatic carbocycles. The fraction of sp³-hybridized carbons (Fsp3) is 1.00. The lowest BCUT2D eigenvalue weighted by Crippen LogP contribution is -2.45. The van der Waals surface area contributed by atoms with Gasteiger partial charge in [0.2, 0.25) is 10.0 Å². The molecule has 0 amide bonds. The summed E-state index contributed by atoms with van der Waals surface area (Å²) in [7, 11) is -2.97. The van der Waals surface area contributed by atoms with E-state index in [4.69, 9.17) is 0 Å². The average Bonchev–Trinajstić information content (AvgIpc) is 2.34. The molecule has 0 bridgehead atoms. The minimum Gasteiger partial charge on any atom is -0.315 e. The van der Waals surface area contributed by atoms with Crippen LogP contribution in [0.5, 0.6) is 0 Å². The van der Waals surface area contributed by atoms with E-state index in [1.165, 1.54) is 0 Å². The highest BCUT2D eigenvalue weighted by Crippen LogP contribution is 2.22. The lowest BCUT2D eigenvalue weighted by Gasteiger charge is -2.24. The molecule has 0 aromatic rings. The number of nitrogens with one attached hydrogen (secondary N) is 2. The Labute approximate surface area is 78.6 Å². The molecule has 0 radical (unpaired) electrons. The van der Waals surface area contributed by atoms with E-state index in [1.54, 1.807) is 0 Å². The van der Waals surface area contributed by atoms with E-state index >= 15 is 0 Å². The van der Waals surface area contributed by atoms with Gasteiger partial charge in [0.1, 0.15) is 0 Å². The minimum absolute atomic E-state index is 0. The summed E-state index contributed by atoms with van der Waals surface area (Å²) < 4.78 is 25.2. The molecule has 2 rings (SSSR count). The normalized spacial score (nSPS) is 38.3. The summed E-state index contributed by atoms with van der Waals surface area (Å²) in [6.07, 6.45) is 0.983. The van der Waals surface area contributed by atoms with Crippen molar-refractivity contribution in [1.82, 2.24) is 10.0 Å². The summed E-state index contributed by atoms with van der Waals surface area (Å²) in [6.45, 7) is 2.11. The molecule has 12 heavy (non-hydrogen) atoms. The zero-order chi connectivity index (χ0) is 7.90. The Morgan fingerprint density at radius 2 is 2.00 bits per heavy atom. The van der Waals surface area contributed by atoms with Crippen LogP contribution in [0.25, 0.3) is 0 Å². The first-order valence-corrected chi connectivity index (χ1v) is 5.44. The van der Waals surface area contributed by atoms with Gasteiger partial charge < -0.3 is 5.32 Å². The Hall–Kier alpha value is 0.160. The first-order valence-electron chi connectivity index (χ1n) is 3.89. The Morgan fingerprint density at radius 3 is 2.67 bits per heavy atom. The Kier molecular flexibility index (Phi) is 2.98. The van der Waals surface area contributed by atoms with Crippen molar-refractivity contribution < 1.29 is 8.42 Å². The maximum absolute atomic E-state index is 11.3. The topological polar surface area (TPSA) is 58.2 Å². The van der Waals surface area contributed by atoms with Crippen LogP contribution in [0.1, 0.15) is 6.42 Å². The predicted octanol–water partition coefficient (Wildman–Crippen LogP) is -0.681. The van der Waals surface area contributed by atoms with Crippen molar-refractivity contribution in [3.05, 3.63) is 0 Å². The lowest BCUT2D eigenvalue weighted by molar-refractivity contribution is 0.468. The number of hydrogen-bond acceptors (Lipinski definition) is 3. The van der Waals surface area contributed by atoms with Crippen molar-refractivity contribution >= 4 is 22.4 Å². The van der Waals surface area contributed by atoms with Crippen molar-refractivity contribution in [2.24, 2.45) is 5.92 Å². The standard InChI is InChI=1S/C6H12N2O2S.ClH/c9-11(10)6-4-7-3-5(6)1-2-8-11;/h5-8H,1-4H2;1H/t5-,6+;/m1./s1. The molecular weight excluding hydrogens is 200 g/mol. The molecular formula is C6H13ClN2O2S. The minimum atomic E-state index is -2.97. The van der Waals surface area contributed by atoms with Gasteiger partial charge in [0.05, 0.1) is 5.25 Å². The van der Waals surface area contributed by atoms with Crippen molar-refractivity contribution in [2.45, 2.75) is 11.7 Å². The Morgan fingerprint density at radius 1 is 1.25 bits per heavy atom. The third kappa shape index (κ3) is 1.59. The van der Waals surface area contributed by atoms with E-state index in [-0.39, 0.29) is 17.7 Å². The molecule has 2 fully saturated rings. The molecule has 2 aliphatic rings. The molecule has 2 saturated heterocycles. The third-order valence-corrected chi connectivity index (χ3v) is 4.45. The average molecular weight is 213 g/mol. The van der Waals surface area contributed by atoms with E-state index < -0.39 is 10.0 Å². The fourth-order valence-corrected chi connectivity index (χ4v) is 3.55. The van der Waals surface area contributed by atoms with E-state index in [2.05, 4.69) is 10.0 Å². The van der Waals surface area contributed by atoms with Gasteiger partial charge in [-0.3, -0.25) is 0 Å². The summed E-state index contributed by atoms with van der Waals surface area (Å²) in [5, 5.41) is 2.93. The van der Waals surface area contributed by atoms with Gasteiger partial charge in [-0.05, 0) is 18.9 Å². The molecule has 0 aromatic heterocycles. The smallest absolute Gasteiger partial charge is 0.216 e. The molecule has 6 heteroatoms. The predicted molar refractivity (Wildman–Crippen MR) is 48.9 cm³/mol. The lowest BCUT2D eigenvalue weighted by atomic mass is 10.0. The number of rotatable bonds is 0. The van der Waals surface area contributed by atoms with E-state index in [1.807, 2.05) is 0 Å². The quantitative estimate of drug-likeness (QED) is 0.560. The molecule has 72 valence electrons. The van der Waals surface area contributed by atoms with Crippen LogP contribution in [-0.4, -0.2) is 33.3 Å². The summed E-state index contributed by atoms with van der Waals surface area (Å²) in [5.74, 6) is 0.348. The zero-order valence-electron chi connectivity index (χ0n) is 6.62. The monoisotopic (exact) mass is 212 g/mol. The second-order valence-electron chi connectivity index (χ2n) is 3.18. The molecule has 0 saturated carbocycles. The van der Waals surface area contributed by atoms with Gasteiger partial charge in [0.25, 0.3) is 0 Å². The molecule has 2 N–H and O–H groups in total. The van der Waals surface area contributed by atoms with Crippen LogP contribution in [0.4, 0.5) is 0 Å². The summed E-state index contributed by atoms with van der Waals surface area (Å²) in [6, 6.07) is 0. The van der Waals surface area contributed by atoms with Crippen LogP contribution in [0.2, 0.25) is 0 Å². The van der Waals surface area contributed by atoms with Crippen LogP contribution >= 0.6 is 12.4 Å². The highest BCUT2D eigenvalue weighted by molar-refractivity contribution is 7.90. The molecule has 2 heterocycles. The first-order chi connectivity index (χ1) is 5.20. The largest absolute Gasteiger partial charge is 0.315 e. The molecule has 2 aliphatic heterocycles. The third-order valence-electron chi connectivity index (χ3n) is 2.49. The van der Waals surface area contributed by atoms with Crippen LogP contribution in [0.3, 0.4) is 0 Å². The van der Waals surface area contributed by atoms with Crippen LogP contribution in [-0.2, 0) is 10.0 Å². The maximum atomic E-state index is 11.3. The van der Waals surface area contributed by atoms with Gasteiger partial charge >= 0.3 is 0 Å². The second kappa shape index (κ2) is 3.49. The SMILES string of the molecule is Cl.O=S1(=O)NCC[C@@H]2CNC[C@@H]21. The molecule has 2 atom stereocenters. The van der Waals surface area contributed by atoms with Crippen LogP contribution in [0.15, 0.2) is 0 Å². The number of sulfonamides is 1. The van der Waals surface area contributed by atoms with E-state index in [0.29, 0.717) is 19.0 Å². The number of fused-ring (bicyclic) bond motifs is 1. The van der Waals surface area contributed by atoms with Crippen LogP contribution in [0, 0.1) is 5.92 Å². The van der Waals surface area contributed by atoms with Crippen molar-refractivity contribution in [3.8, 4) is 0 Å². The van der Waals surface area contributed by atoms with E-state index in [0.717, 1.165) is 13.0 Å². The van der Waals surface area contributed by atoms with Crippen molar-refractivity contribution in [1.29, 1.82) is 0 Å². The molecule has 0 aliphatic carbocycles. The van der Waals surface area contributed by atoms with Gasteiger partial charge in [-0.2, -0.15) is 0 Å². The van der Waals surface area contributed by atoms with Gasteiger partial charge in [0.15, 0.2) is 0 Å². The van der Waals surface area contributed by atoms with Gasteiger partial charge in [-0.1, -0.05) is 0 Å². The molecule has 0 spiro atoms. The summed E-state index contributed by atoms with van der Waals surface area (Å²) >= 11 is 0. The Bertz CT molecular complexity index is 254.